The second kappa shape index (κ2) is 11.0. The summed E-state index contributed by atoms with van der Waals surface area (Å²) in [5.74, 6) is -0.0582. The molecule has 3 heterocycles. The predicted molar refractivity (Wildman–Crippen MR) is 133 cm³/mol. The van der Waals surface area contributed by atoms with E-state index in [1.165, 1.54) is 11.8 Å². The SMILES string of the molecule is Cc1cc(C)c2cc1C(=O)NCCC(C(=O)N1CCOCC1)NC(=O)CCSc1cc-2nc(N)n1. The summed E-state index contributed by atoms with van der Waals surface area (Å²) in [7, 11) is 0. The molecule has 0 spiro atoms. The molecule has 10 nitrogen and oxygen atoms in total. The molecular weight excluding hydrogens is 468 g/mol. The number of nitrogens with one attached hydrogen (secondary N) is 2. The molecule has 0 saturated carbocycles. The van der Waals surface area contributed by atoms with Crippen LogP contribution in [0.5, 0.6) is 0 Å². The van der Waals surface area contributed by atoms with Crippen molar-refractivity contribution in [3.63, 3.8) is 0 Å². The molecule has 1 unspecified atom stereocenters. The number of nitrogens with two attached hydrogens (primary N) is 1. The third-order valence-corrected chi connectivity index (χ3v) is 6.98. The molecule has 11 heteroatoms. The summed E-state index contributed by atoms with van der Waals surface area (Å²) in [6.07, 6.45) is 0.494. The van der Waals surface area contributed by atoms with Crippen LogP contribution in [0.4, 0.5) is 5.95 Å². The smallest absolute Gasteiger partial charge is 0.251 e. The molecule has 0 radical (unpaired) electrons. The average molecular weight is 499 g/mol. The minimum Gasteiger partial charge on any atom is -0.378 e. The molecule has 4 rings (SSSR count). The number of amides is 3. The van der Waals surface area contributed by atoms with Gasteiger partial charge >= 0.3 is 0 Å². The summed E-state index contributed by atoms with van der Waals surface area (Å²) in [6.45, 7) is 5.98. The third kappa shape index (κ3) is 6.09. The Morgan fingerprint density at radius 2 is 1.86 bits per heavy atom. The fraction of sp³-hybridized carbons (Fsp3) is 0.458. The molecule has 2 aliphatic rings. The lowest BCUT2D eigenvalue weighted by Gasteiger charge is -2.31. The molecule has 0 aliphatic carbocycles. The fourth-order valence-electron chi connectivity index (χ4n) is 4.23. The van der Waals surface area contributed by atoms with Gasteiger partial charge in [-0.1, -0.05) is 6.07 Å². The van der Waals surface area contributed by atoms with Crippen molar-refractivity contribution in [3.05, 3.63) is 34.9 Å². The van der Waals surface area contributed by atoms with Crippen molar-refractivity contribution < 1.29 is 19.1 Å². The van der Waals surface area contributed by atoms with Crippen molar-refractivity contribution in [2.75, 3.05) is 44.3 Å². The van der Waals surface area contributed by atoms with Gasteiger partial charge in [-0.15, -0.1) is 11.8 Å². The Morgan fingerprint density at radius 3 is 2.63 bits per heavy atom. The van der Waals surface area contributed by atoms with Gasteiger partial charge < -0.3 is 26.0 Å². The van der Waals surface area contributed by atoms with Gasteiger partial charge in [0.25, 0.3) is 5.91 Å². The number of fused-ring (bicyclic) bond motifs is 5. The Hall–Kier alpha value is -3.18. The Bertz CT molecular complexity index is 1140. The highest BCUT2D eigenvalue weighted by Gasteiger charge is 2.27. The van der Waals surface area contributed by atoms with Crippen molar-refractivity contribution >= 4 is 35.4 Å². The summed E-state index contributed by atoms with van der Waals surface area (Å²) in [4.78, 5) is 49.2. The van der Waals surface area contributed by atoms with E-state index in [1.54, 1.807) is 4.90 Å². The molecule has 1 aromatic heterocycles. The normalized spacial score (nSPS) is 19.6. The van der Waals surface area contributed by atoms with Gasteiger partial charge in [-0.25, -0.2) is 9.97 Å². The first kappa shape index (κ1) is 24.9. The summed E-state index contributed by atoms with van der Waals surface area (Å²) < 4.78 is 5.34. The first-order valence-corrected chi connectivity index (χ1v) is 12.6. The summed E-state index contributed by atoms with van der Waals surface area (Å²) in [5.41, 5.74) is 9.69. The van der Waals surface area contributed by atoms with Crippen LogP contribution in [-0.2, 0) is 14.3 Å². The summed E-state index contributed by atoms with van der Waals surface area (Å²) in [5, 5.41) is 6.41. The molecule has 1 fully saturated rings. The van der Waals surface area contributed by atoms with Crippen molar-refractivity contribution in [1.29, 1.82) is 0 Å². The van der Waals surface area contributed by atoms with Crippen LogP contribution in [0.3, 0.4) is 0 Å². The Balaban J connectivity index is 1.63. The quantitative estimate of drug-likeness (QED) is 0.500. The van der Waals surface area contributed by atoms with Gasteiger partial charge in [0, 0.05) is 42.9 Å². The topological polar surface area (TPSA) is 140 Å². The number of morpholine rings is 1. The first-order chi connectivity index (χ1) is 16.8. The molecule has 1 aromatic carbocycles. The molecule has 35 heavy (non-hydrogen) atoms. The van der Waals surface area contributed by atoms with Crippen LogP contribution in [0.25, 0.3) is 11.3 Å². The summed E-state index contributed by atoms with van der Waals surface area (Å²) >= 11 is 1.39. The Morgan fingerprint density at radius 1 is 1.11 bits per heavy atom. The van der Waals surface area contributed by atoms with E-state index < -0.39 is 6.04 Å². The van der Waals surface area contributed by atoms with Gasteiger partial charge in [-0.3, -0.25) is 14.4 Å². The van der Waals surface area contributed by atoms with Crippen LogP contribution in [0, 0.1) is 13.8 Å². The number of aryl methyl sites for hydroxylation is 2. The molecule has 2 aromatic rings. The largest absolute Gasteiger partial charge is 0.378 e. The second-order valence-corrected chi connectivity index (χ2v) is 9.75. The number of ether oxygens (including phenoxy) is 1. The van der Waals surface area contributed by atoms with Crippen molar-refractivity contribution in [2.24, 2.45) is 0 Å². The number of carbonyl (C=O) groups is 3. The van der Waals surface area contributed by atoms with Crippen LogP contribution in [-0.4, -0.2) is 77.2 Å². The zero-order valence-corrected chi connectivity index (χ0v) is 20.7. The van der Waals surface area contributed by atoms with E-state index in [-0.39, 0.29) is 43.1 Å². The van der Waals surface area contributed by atoms with Crippen molar-refractivity contribution in [1.82, 2.24) is 25.5 Å². The minimum atomic E-state index is -0.727. The Kier molecular flexibility index (Phi) is 7.86. The van der Waals surface area contributed by atoms with Gasteiger partial charge in [0.05, 0.1) is 18.9 Å². The summed E-state index contributed by atoms with van der Waals surface area (Å²) in [6, 6.07) is 4.85. The molecule has 1 saturated heterocycles. The van der Waals surface area contributed by atoms with Gasteiger partial charge in [0.2, 0.25) is 17.8 Å². The van der Waals surface area contributed by atoms with Crippen LogP contribution in [0.2, 0.25) is 0 Å². The molecule has 4 bridgehead atoms. The number of thioether (sulfide) groups is 1. The molecular formula is C24H30N6O4S. The highest BCUT2D eigenvalue weighted by atomic mass is 32.2. The Labute approximate surface area is 208 Å². The van der Waals surface area contributed by atoms with Crippen molar-refractivity contribution in [3.8, 4) is 11.3 Å². The van der Waals surface area contributed by atoms with E-state index in [1.807, 2.05) is 32.0 Å². The van der Waals surface area contributed by atoms with E-state index >= 15 is 0 Å². The second-order valence-electron chi connectivity index (χ2n) is 8.63. The number of hydrogen-bond donors (Lipinski definition) is 3. The van der Waals surface area contributed by atoms with Gasteiger partial charge in [0.1, 0.15) is 11.1 Å². The maximum Gasteiger partial charge on any atom is 0.251 e. The highest BCUT2D eigenvalue weighted by Crippen LogP contribution is 2.29. The average Bonchev–Trinajstić information content (AvgIpc) is 2.82. The number of carbonyl (C=O) groups excluding carboxylic acids is 3. The molecule has 186 valence electrons. The number of nitrogens with zero attached hydrogens (tertiary/aromatic N) is 3. The number of rotatable bonds is 1. The first-order valence-electron chi connectivity index (χ1n) is 11.6. The minimum absolute atomic E-state index is 0.123. The number of anilines is 1. The van der Waals surface area contributed by atoms with E-state index in [4.69, 9.17) is 10.5 Å². The number of hydrogen-bond acceptors (Lipinski definition) is 8. The standard InChI is InChI=1S/C24H30N6O4S/c1-14-11-15(2)17-12-16(14)19-13-21(29-24(25)28-19)35-10-4-20(31)27-18(3-5-26-22(17)32)23(33)30-6-8-34-9-7-30/h11-13,18H,3-10H2,1-2H3,(H,26,32)(H,27,31)(H2,25,28,29). The monoisotopic (exact) mass is 498 g/mol. The van der Waals surface area contributed by atoms with E-state index in [0.29, 0.717) is 48.3 Å². The molecule has 4 N–H and O–H groups in total. The lowest BCUT2D eigenvalue weighted by Crippen LogP contribution is -2.52. The van der Waals surface area contributed by atoms with Gasteiger partial charge in [-0.05, 0) is 43.5 Å². The van der Waals surface area contributed by atoms with E-state index in [9.17, 15) is 14.4 Å². The lowest BCUT2D eigenvalue weighted by atomic mass is 9.97. The van der Waals surface area contributed by atoms with E-state index in [2.05, 4.69) is 20.6 Å². The fourth-order valence-corrected chi connectivity index (χ4v) is 5.08. The maximum absolute atomic E-state index is 13.1. The zero-order chi connectivity index (χ0) is 24.9. The van der Waals surface area contributed by atoms with E-state index in [0.717, 1.165) is 16.7 Å². The third-order valence-electron chi connectivity index (χ3n) is 6.07. The van der Waals surface area contributed by atoms with Crippen molar-refractivity contribution in [2.45, 2.75) is 37.8 Å². The number of benzene rings is 1. The number of aromatic nitrogens is 2. The lowest BCUT2D eigenvalue weighted by molar-refractivity contribution is -0.140. The predicted octanol–water partition coefficient (Wildman–Crippen LogP) is 1.30. The van der Waals surface area contributed by atoms with Crippen LogP contribution in [0.15, 0.2) is 23.2 Å². The van der Waals surface area contributed by atoms with Gasteiger partial charge in [0.15, 0.2) is 0 Å². The molecule has 3 amide bonds. The molecule has 1 atom stereocenters. The van der Waals surface area contributed by atoms with Gasteiger partial charge in [-0.2, -0.15) is 0 Å². The van der Waals surface area contributed by atoms with Crippen LogP contribution >= 0.6 is 11.8 Å². The maximum atomic E-state index is 13.1. The zero-order valence-electron chi connectivity index (χ0n) is 19.9. The van der Waals surface area contributed by atoms with Crippen LogP contribution in [0.1, 0.15) is 34.3 Å². The van der Waals surface area contributed by atoms with Crippen LogP contribution < -0.4 is 16.4 Å². The molecule has 2 aliphatic heterocycles. The number of nitrogen functional groups attached to an aromatic ring is 1. The highest BCUT2D eigenvalue weighted by molar-refractivity contribution is 7.99.